The highest BCUT2D eigenvalue weighted by Gasteiger charge is 2.14. The number of aliphatic hydroxyl groups excluding tert-OH is 1. The van der Waals surface area contributed by atoms with Crippen molar-refractivity contribution in [2.75, 3.05) is 26.3 Å². The van der Waals surface area contributed by atoms with Crippen molar-refractivity contribution in [3.8, 4) is 5.75 Å². The molecule has 32 heavy (non-hydrogen) atoms. The van der Waals surface area contributed by atoms with Gasteiger partial charge in [-0.3, -0.25) is 9.59 Å². The van der Waals surface area contributed by atoms with Crippen LogP contribution in [0.3, 0.4) is 0 Å². The van der Waals surface area contributed by atoms with E-state index in [9.17, 15) is 23.5 Å². The third-order valence-electron chi connectivity index (χ3n) is 4.48. The lowest BCUT2D eigenvalue weighted by Gasteiger charge is -2.22. The summed E-state index contributed by atoms with van der Waals surface area (Å²) in [7, 11) is 0. The molecule has 10 heteroatoms. The van der Waals surface area contributed by atoms with Gasteiger partial charge in [-0.2, -0.15) is 0 Å². The summed E-state index contributed by atoms with van der Waals surface area (Å²) in [6.45, 7) is 0.138. The van der Waals surface area contributed by atoms with Gasteiger partial charge in [-0.1, -0.05) is 29.3 Å². The van der Waals surface area contributed by atoms with Crippen LogP contribution in [0.4, 0.5) is 8.78 Å². The minimum absolute atomic E-state index is 0.00145. The zero-order valence-electron chi connectivity index (χ0n) is 17.3. The van der Waals surface area contributed by atoms with Crippen LogP contribution in [-0.4, -0.2) is 48.1 Å². The predicted molar refractivity (Wildman–Crippen MR) is 118 cm³/mol. The highest BCUT2D eigenvalue weighted by atomic mass is 35.5. The number of aliphatic hydroxyl groups is 1. The van der Waals surface area contributed by atoms with Crippen LogP contribution in [0.2, 0.25) is 10.0 Å². The van der Waals surface area contributed by atoms with Crippen LogP contribution in [-0.2, 0) is 16.1 Å². The Labute approximate surface area is 195 Å². The first kappa shape index (κ1) is 25.8. The fraction of sp³-hybridized carbons (Fsp3) is 0.364. The zero-order valence-corrected chi connectivity index (χ0v) is 18.8. The van der Waals surface area contributed by atoms with Crippen LogP contribution in [0.15, 0.2) is 36.4 Å². The molecule has 2 N–H and O–H groups in total. The van der Waals surface area contributed by atoms with Gasteiger partial charge in [0.25, 0.3) is 5.91 Å². The lowest BCUT2D eigenvalue weighted by molar-refractivity contribution is -0.132. The average Bonchev–Trinajstić information content (AvgIpc) is 2.76. The number of hydrogen-bond donors (Lipinski definition) is 2. The first-order valence-electron chi connectivity index (χ1n) is 9.97. The topological polar surface area (TPSA) is 78.9 Å². The summed E-state index contributed by atoms with van der Waals surface area (Å²) in [5.74, 6) is -1.57. The third-order valence-corrected chi connectivity index (χ3v) is 5.09. The number of unbranched alkanes of at least 4 members (excludes halogenated alkanes) is 1. The first-order chi connectivity index (χ1) is 15.3. The van der Waals surface area contributed by atoms with Crippen LogP contribution in [0.1, 0.15) is 24.8 Å². The molecule has 0 aromatic heterocycles. The van der Waals surface area contributed by atoms with Gasteiger partial charge in [-0.25, -0.2) is 8.78 Å². The monoisotopic (exact) mass is 488 g/mol. The summed E-state index contributed by atoms with van der Waals surface area (Å²) in [5, 5.41) is 11.8. The number of ether oxygens (including phenoxy) is 1. The van der Waals surface area contributed by atoms with Crippen molar-refractivity contribution in [1.82, 2.24) is 10.2 Å². The maximum atomic E-state index is 13.6. The molecular weight excluding hydrogens is 465 g/mol. The van der Waals surface area contributed by atoms with Gasteiger partial charge in [0.2, 0.25) is 5.91 Å². The van der Waals surface area contributed by atoms with Gasteiger partial charge in [-0.05, 0) is 42.7 Å². The van der Waals surface area contributed by atoms with E-state index in [1.54, 1.807) is 6.07 Å². The number of carbonyl (C=O) groups is 2. The Hall–Kier alpha value is -2.42. The van der Waals surface area contributed by atoms with E-state index in [4.69, 9.17) is 27.9 Å². The van der Waals surface area contributed by atoms with Crippen molar-refractivity contribution in [2.24, 2.45) is 0 Å². The van der Waals surface area contributed by atoms with Crippen LogP contribution < -0.4 is 10.1 Å². The van der Waals surface area contributed by atoms with Crippen LogP contribution in [0, 0.1) is 11.6 Å². The number of amides is 2. The number of nitrogens with one attached hydrogen (secondary N) is 1. The van der Waals surface area contributed by atoms with Crippen LogP contribution in [0.5, 0.6) is 5.75 Å². The van der Waals surface area contributed by atoms with Gasteiger partial charge in [0.15, 0.2) is 6.61 Å². The number of nitrogens with zero attached hydrogens (tertiary/aromatic N) is 1. The summed E-state index contributed by atoms with van der Waals surface area (Å²) >= 11 is 11.3. The van der Waals surface area contributed by atoms with Crippen molar-refractivity contribution < 1.29 is 28.2 Å². The molecule has 0 radical (unpaired) electrons. The largest absolute Gasteiger partial charge is 0.484 e. The molecule has 2 aromatic carbocycles. The molecule has 0 saturated heterocycles. The quantitative estimate of drug-likeness (QED) is 0.443. The van der Waals surface area contributed by atoms with E-state index in [1.807, 2.05) is 0 Å². The Morgan fingerprint density at radius 3 is 2.38 bits per heavy atom. The molecule has 2 amide bonds. The summed E-state index contributed by atoms with van der Waals surface area (Å²) in [6, 6.07) is 8.20. The standard InChI is InChI=1S/C22H24Cl2F2N2O4/c23-17-6-4-15(11-19(17)25)13-28(9-10-29)22(31)3-1-2-8-27-21(30)14-32-16-5-7-18(24)20(26)12-16/h4-7,11-12,29H,1-3,8-10,13-14H2,(H,27,30). The van der Waals surface area contributed by atoms with Gasteiger partial charge in [0.1, 0.15) is 17.4 Å². The number of rotatable bonds is 12. The normalized spacial score (nSPS) is 10.7. The highest BCUT2D eigenvalue weighted by Crippen LogP contribution is 2.20. The van der Waals surface area contributed by atoms with Gasteiger partial charge in [0, 0.05) is 32.1 Å². The second kappa shape index (κ2) is 13.2. The number of hydrogen-bond acceptors (Lipinski definition) is 4. The molecule has 0 spiro atoms. The maximum absolute atomic E-state index is 13.6. The average molecular weight is 489 g/mol. The van der Waals surface area contributed by atoms with E-state index in [1.165, 1.54) is 29.2 Å². The summed E-state index contributed by atoms with van der Waals surface area (Å²) < 4.78 is 32.1. The molecule has 0 saturated carbocycles. The smallest absolute Gasteiger partial charge is 0.257 e. The fourth-order valence-corrected chi connectivity index (χ4v) is 3.06. The summed E-state index contributed by atoms with van der Waals surface area (Å²) in [5.41, 5.74) is 0.571. The summed E-state index contributed by atoms with van der Waals surface area (Å²) in [4.78, 5) is 25.7. The van der Waals surface area contributed by atoms with Gasteiger partial charge >= 0.3 is 0 Å². The van der Waals surface area contributed by atoms with E-state index in [0.29, 0.717) is 24.9 Å². The van der Waals surface area contributed by atoms with E-state index in [-0.39, 0.29) is 60.3 Å². The first-order valence-corrected chi connectivity index (χ1v) is 10.7. The van der Waals surface area contributed by atoms with E-state index < -0.39 is 11.6 Å². The summed E-state index contributed by atoms with van der Waals surface area (Å²) in [6.07, 6.45) is 1.28. The minimum Gasteiger partial charge on any atom is -0.484 e. The number of halogens is 4. The lowest BCUT2D eigenvalue weighted by atomic mass is 10.1. The molecule has 0 bridgehead atoms. The number of benzene rings is 2. The Balaban J connectivity index is 1.68. The van der Waals surface area contributed by atoms with Crippen LogP contribution >= 0.6 is 23.2 Å². The molecule has 2 aromatic rings. The van der Waals surface area contributed by atoms with E-state index in [0.717, 1.165) is 6.07 Å². The highest BCUT2D eigenvalue weighted by molar-refractivity contribution is 6.31. The lowest BCUT2D eigenvalue weighted by Crippen LogP contribution is -2.33. The Bertz CT molecular complexity index is 931. The third kappa shape index (κ3) is 8.61. The van der Waals surface area contributed by atoms with Crippen LogP contribution in [0.25, 0.3) is 0 Å². The van der Waals surface area contributed by atoms with Crippen molar-refractivity contribution in [2.45, 2.75) is 25.8 Å². The molecule has 0 atom stereocenters. The van der Waals surface area contributed by atoms with Crippen molar-refractivity contribution in [3.63, 3.8) is 0 Å². The van der Waals surface area contributed by atoms with Gasteiger partial charge in [-0.15, -0.1) is 0 Å². The molecular formula is C22H24Cl2F2N2O4. The van der Waals surface area contributed by atoms with Crippen molar-refractivity contribution >= 4 is 35.0 Å². The maximum Gasteiger partial charge on any atom is 0.257 e. The van der Waals surface area contributed by atoms with Gasteiger partial charge in [0.05, 0.1) is 16.7 Å². The second-order valence-electron chi connectivity index (χ2n) is 6.96. The Morgan fingerprint density at radius 1 is 1.03 bits per heavy atom. The fourth-order valence-electron chi connectivity index (χ4n) is 2.82. The minimum atomic E-state index is -0.634. The van der Waals surface area contributed by atoms with E-state index in [2.05, 4.69) is 5.32 Å². The molecule has 0 fully saturated rings. The van der Waals surface area contributed by atoms with Crippen molar-refractivity contribution in [3.05, 3.63) is 63.6 Å². The Morgan fingerprint density at radius 2 is 1.72 bits per heavy atom. The number of carbonyl (C=O) groups excluding carboxylic acids is 2. The molecule has 0 aliphatic rings. The molecule has 2 rings (SSSR count). The SMILES string of the molecule is O=C(COc1ccc(Cl)c(F)c1)NCCCCC(=O)N(CCO)Cc1ccc(Cl)c(F)c1. The molecule has 0 aliphatic heterocycles. The van der Waals surface area contributed by atoms with E-state index >= 15 is 0 Å². The zero-order chi connectivity index (χ0) is 23.5. The predicted octanol–water partition coefficient (Wildman–Crippen LogP) is 3.96. The molecule has 0 unspecified atom stereocenters. The molecule has 174 valence electrons. The second-order valence-corrected chi connectivity index (χ2v) is 7.77. The molecule has 0 heterocycles. The molecule has 0 aliphatic carbocycles. The Kier molecular flexibility index (Phi) is 10.7. The molecule has 6 nitrogen and oxygen atoms in total. The van der Waals surface area contributed by atoms with Gasteiger partial charge < -0.3 is 20.1 Å². The van der Waals surface area contributed by atoms with Crippen molar-refractivity contribution in [1.29, 1.82) is 0 Å².